The van der Waals surface area contributed by atoms with E-state index < -0.39 is 0 Å². The third-order valence-corrected chi connectivity index (χ3v) is 2.64. The molecule has 0 fully saturated rings. The summed E-state index contributed by atoms with van der Waals surface area (Å²) < 4.78 is 0. The van der Waals surface area contributed by atoms with Crippen molar-refractivity contribution < 1.29 is 0 Å². The van der Waals surface area contributed by atoms with Gasteiger partial charge in [0.1, 0.15) is 0 Å². The Morgan fingerprint density at radius 1 is 1.07 bits per heavy atom. The van der Waals surface area contributed by atoms with E-state index in [4.69, 9.17) is 0 Å². The molecule has 0 radical (unpaired) electrons. The van der Waals surface area contributed by atoms with Crippen molar-refractivity contribution in [3.8, 4) is 0 Å². The molecule has 0 spiro atoms. The topological polar surface area (TPSA) is 6.48 Å². The lowest BCUT2D eigenvalue weighted by molar-refractivity contribution is 0.290. The zero-order valence-electron chi connectivity index (χ0n) is 10.1. The van der Waals surface area contributed by atoms with Crippen LogP contribution in [0.3, 0.4) is 0 Å². The van der Waals surface area contributed by atoms with Gasteiger partial charge >= 0.3 is 0 Å². The lowest BCUT2D eigenvalue weighted by Crippen LogP contribution is -2.26. The number of unbranched alkanes of at least 4 members (excludes halogenated alkanes) is 1. The predicted octanol–water partition coefficient (Wildman–Crippen LogP) is 2.23. The molecule has 0 atom stereocenters. The van der Waals surface area contributed by atoms with Crippen molar-refractivity contribution in [3.05, 3.63) is 12.7 Å². The van der Waals surface area contributed by atoms with Crippen LogP contribution in [0.1, 0.15) is 26.7 Å². The summed E-state index contributed by atoms with van der Waals surface area (Å²) >= 11 is 0. The first-order valence-electron chi connectivity index (χ1n) is 5.76. The van der Waals surface area contributed by atoms with Crippen LogP contribution in [0.15, 0.2) is 12.7 Å². The first kappa shape index (κ1) is 13.7. The van der Waals surface area contributed by atoms with Crippen molar-refractivity contribution in [1.82, 2.24) is 9.80 Å². The van der Waals surface area contributed by atoms with Gasteiger partial charge in [-0.05, 0) is 46.1 Å². The van der Waals surface area contributed by atoms with Gasteiger partial charge in [-0.1, -0.05) is 19.9 Å². The fourth-order valence-electron chi connectivity index (χ4n) is 1.44. The highest BCUT2D eigenvalue weighted by Crippen LogP contribution is 1.97. The summed E-state index contributed by atoms with van der Waals surface area (Å²) in [6.07, 6.45) is 4.59. The molecule has 14 heavy (non-hydrogen) atoms. The van der Waals surface area contributed by atoms with Crippen LogP contribution in [0.5, 0.6) is 0 Å². The van der Waals surface area contributed by atoms with Crippen LogP contribution in [0.2, 0.25) is 0 Å². The molecule has 0 aromatic rings. The summed E-state index contributed by atoms with van der Waals surface area (Å²) in [4.78, 5) is 4.79. The van der Waals surface area contributed by atoms with Gasteiger partial charge in [-0.3, -0.25) is 4.90 Å². The smallest absolute Gasteiger partial charge is 0.0160 e. The Morgan fingerprint density at radius 3 is 2.21 bits per heavy atom. The molecule has 0 saturated heterocycles. The highest BCUT2D eigenvalue weighted by molar-refractivity contribution is 4.72. The van der Waals surface area contributed by atoms with E-state index in [1.54, 1.807) is 0 Å². The largest absolute Gasteiger partial charge is 0.307 e. The van der Waals surface area contributed by atoms with E-state index in [1.165, 1.54) is 25.9 Å². The second-order valence-electron chi connectivity index (χ2n) is 3.78. The standard InChI is InChI=1S/C12H26N2/c1-5-10-14(7-3)12-9-8-11-13(4)6-2/h5H,1,6-12H2,2-4H3. The number of hydrogen-bond donors (Lipinski definition) is 0. The van der Waals surface area contributed by atoms with Gasteiger partial charge in [0, 0.05) is 6.54 Å². The van der Waals surface area contributed by atoms with Crippen molar-refractivity contribution in [2.24, 2.45) is 0 Å². The van der Waals surface area contributed by atoms with Crippen molar-refractivity contribution >= 4 is 0 Å². The summed E-state index contributed by atoms with van der Waals surface area (Å²) in [5.41, 5.74) is 0. The molecule has 0 amide bonds. The SMILES string of the molecule is C=CCN(CC)CCCCN(C)CC. The Labute approximate surface area is 89.6 Å². The van der Waals surface area contributed by atoms with Crippen LogP contribution in [0.4, 0.5) is 0 Å². The zero-order valence-corrected chi connectivity index (χ0v) is 10.1. The van der Waals surface area contributed by atoms with Gasteiger partial charge in [-0.2, -0.15) is 0 Å². The first-order valence-corrected chi connectivity index (χ1v) is 5.76. The van der Waals surface area contributed by atoms with Crippen LogP contribution in [-0.4, -0.2) is 49.6 Å². The van der Waals surface area contributed by atoms with Crippen LogP contribution in [0.25, 0.3) is 0 Å². The van der Waals surface area contributed by atoms with Crippen LogP contribution in [0, 0.1) is 0 Å². The molecule has 0 unspecified atom stereocenters. The average Bonchev–Trinajstić information content (AvgIpc) is 2.22. The molecule has 0 aromatic heterocycles. The van der Waals surface area contributed by atoms with Gasteiger partial charge < -0.3 is 4.90 Å². The van der Waals surface area contributed by atoms with Gasteiger partial charge in [0.2, 0.25) is 0 Å². The minimum Gasteiger partial charge on any atom is -0.307 e. The lowest BCUT2D eigenvalue weighted by atomic mass is 10.2. The van der Waals surface area contributed by atoms with E-state index in [0.717, 1.165) is 19.6 Å². The Bertz CT molecular complexity index is 134. The number of hydrogen-bond acceptors (Lipinski definition) is 2. The fraction of sp³-hybridized carbons (Fsp3) is 0.833. The third-order valence-electron chi connectivity index (χ3n) is 2.64. The third kappa shape index (κ3) is 7.10. The summed E-state index contributed by atoms with van der Waals surface area (Å²) in [7, 11) is 2.18. The van der Waals surface area contributed by atoms with Crippen molar-refractivity contribution in [2.75, 3.05) is 39.8 Å². The molecule has 0 bridgehead atoms. The molecule has 0 rings (SSSR count). The van der Waals surface area contributed by atoms with Crippen LogP contribution in [-0.2, 0) is 0 Å². The molecule has 0 aliphatic heterocycles. The molecule has 2 nitrogen and oxygen atoms in total. The van der Waals surface area contributed by atoms with Crippen molar-refractivity contribution in [1.29, 1.82) is 0 Å². The summed E-state index contributed by atoms with van der Waals surface area (Å²) in [5, 5.41) is 0. The molecule has 0 aromatic carbocycles. The first-order chi connectivity index (χ1) is 6.74. The summed E-state index contributed by atoms with van der Waals surface area (Å²) in [6, 6.07) is 0. The van der Waals surface area contributed by atoms with Gasteiger partial charge in [0.05, 0.1) is 0 Å². The van der Waals surface area contributed by atoms with E-state index in [-0.39, 0.29) is 0 Å². The molecule has 0 N–H and O–H groups in total. The monoisotopic (exact) mass is 198 g/mol. The molecular weight excluding hydrogens is 172 g/mol. The maximum atomic E-state index is 3.77. The number of rotatable bonds is 9. The van der Waals surface area contributed by atoms with Crippen molar-refractivity contribution in [2.45, 2.75) is 26.7 Å². The fourth-order valence-corrected chi connectivity index (χ4v) is 1.44. The van der Waals surface area contributed by atoms with E-state index in [0.29, 0.717) is 0 Å². The maximum absolute atomic E-state index is 3.77. The van der Waals surface area contributed by atoms with E-state index in [1.807, 2.05) is 6.08 Å². The number of likely N-dealkylation sites (N-methyl/N-ethyl adjacent to an activating group) is 1. The van der Waals surface area contributed by atoms with Gasteiger partial charge in [-0.25, -0.2) is 0 Å². The van der Waals surface area contributed by atoms with E-state index in [2.05, 4.69) is 37.3 Å². The molecule has 84 valence electrons. The molecule has 0 aliphatic carbocycles. The van der Waals surface area contributed by atoms with Gasteiger partial charge in [0.25, 0.3) is 0 Å². The zero-order chi connectivity index (χ0) is 10.8. The molecule has 0 saturated carbocycles. The van der Waals surface area contributed by atoms with Crippen LogP contribution < -0.4 is 0 Å². The normalized spacial score (nSPS) is 11.2. The Kier molecular flexibility index (Phi) is 9.00. The van der Waals surface area contributed by atoms with Crippen LogP contribution >= 0.6 is 0 Å². The van der Waals surface area contributed by atoms with Gasteiger partial charge in [-0.15, -0.1) is 6.58 Å². The summed E-state index contributed by atoms with van der Waals surface area (Å²) in [5.74, 6) is 0. The molecule has 0 aliphatic rings. The van der Waals surface area contributed by atoms with Gasteiger partial charge in [0.15, 0.2) is 0 Å². The predicted molar refractivity (Wildman–Crippen MR) is 64.7 cm³/mol. The maximum Gasteiger partial charge on any atom is 0.0160 e. The average molecular weight is 198 g/mol. The van der Waals surface area contributed by atoms with Crippen molar-refractivity contribution in [3.63, 3.8) is 0 Å². The highest BCUT2D eigenvalue weighted by atomic mass is 15.1. The minimum absolute atomic E-state index is 1.03. The second-order valence-corrected chi connectivity index (χ2v) is 3.78. The molecule has 0 heterocycles. The lowest BCUT2D eigenvalue weighted by Gasteiger charge is -2.19. The molecular formula is C12H26N2. The quantitative estimate of drug-likeness (QED) is 0.414. The second kappa shape index (κ2) is 9.22. The Balaban J connectivity index is 3.36. The van der Waals surface area contributed by atoms with E-state index >= 15 is 0 Å². The summed E-state index contributed by atoms with van der Waals surface area (Å²) in [6.45, 7) is 13.9. The van der Waals surface area contributed by atoms with E-state index in [9.17, 15) is 0 Å². The minimum atomic E-state index is 1.03. The Hall–Kier alpha value is -0.340. The molecule has 2 heteroatoms. The highest BCUT2D eigenvalue weighted by Gasteiger charge is 1.99. The number of nitrogens with zero attached hydrogens (tertiary/aromatic N) is 2. The Morgan fingerprint density at radius 2 is 1.71 bits per heavy atom.